The largest absolute Gasteiger partial charge is 0.355 e. The number of likely N-dealkylation sites (tertiary alicyclic amines) is 1. The number of nitrogens with zero attached hydrogens (tertiary/aromatic N) is 1. The summed E-state index contributed by atoms with van der Waals surface area (Å²) in [5.41, 5.74) is 5.45. The van der Waals surface area contributed by atoms with Gasteiger partial charge in [-0.15, -0.1) is 0 Å². The third kappa shape index (κ3) is 6.95. The Bertz CT molecular complexity index is 1410. The van der Waals surface area contributed by atoms with E-state index in [4.69, 9.17) is 0 Å². The molecule has 0 unspecified atom stereocenters. The zero-order chi connectivity index (χ0) is 30.9. The Morgan fingerprint density at radius 2 is 1.32 bits per heavy atom. The summed E-state index contributed by atoms with van der Waals surface area (Å²) in [4.78, 5) is 29.1. The molecule has 2 N–H and O–H groups in total. The molecule has 4 aromatic carbocycles. The van der Waals surface area contributed by atoms with E-state index in [1.165, 1.54) is 11.1 Å². The lowest BCUT2D eigenvalue weighted by Gasteiger charge is -2.35. The second-order valence-corrected chi connectivity index (χ2v) is 12.3. The van der Waals surface area contributed by atoms with E-state index in [0.29, 0.717) is 12.5 Å². The van der Waals surface area contributed by atoms with Gasteiger partial charge < -0.3 is 15.5 Å². The third-order valence-electron chi connectivity index (χ3n) is 9.00. The van der Waals surface area contributed by atoms with Crippen molar-refractivity contribution in [1.29, 1.82) is 0 Å². The molecule has 5 rings (SSSR count). The van der Waals surface area contributed by atoms with Crippen LogP contribution in [0.1, 0.15) is 66.8 Å². The van der Waals surface area contributed by atoms with E-state index in [9.17, 15) is 9.59 Å². The minimum Gasteiger partial charge on any atom is -0.355 e. The number of hydrogen-bond donors (Lipinski definition) is 2. The number of amides is 2. The van der Waals surface area contributed by atoms with Crippen LogP contribution in [0.2, 0.25) is 0 Å². The lowest BCUT2D eigenvalue weighted by molar-refractivity contribution is -0.124. The van der Waals surface area contributed by atoms with Crippen molar-refractivity contribution in [2.75, 3.05) is 31.5 Å². The van der Waals surface area contributed by atoms with Gasteiger partial charge in [-0.1, -0.05) is 111 Å². The molecule has 5 heteroatoms. The fourth-order valence-electron chi connectivity index (χ4n) is 6.51. The van der Waals surface area contributed by atoms with Gasteiger partial charge in [-0.3, -0.25) is 9.59 Å². The molecule has 228 valence electrons. The molecule has 0 aliphatic carbocycles. The van der Waals surface area contributed by atoms with Gasteiger partial charge in [0.1, 0.15) is 5.41 Å². The summed E-state index contributed by atoms with van der Waals surface area (Å²) in [6.07, 6.45) is 3.07. The first kappa shape index (κ1) is 31.2. The molecule has 0 atom stereocenters. The second kappa shape index (κ2) is 14.5. The number of carbonyl (C=O) groups excluding carboxylic acids is 2. The molecule has 0 aromatic heterocycles. The molecule has 1 aliphatic heterocycles. The highest BCUT2D eigenvalue weighted by molar-refractivity contribution is 5.96. The van der Waals surface area contributed by atoms with Crippen LogP contribution in [0.4, 0.5) is 5.69 Å². The molecule has 1 saturated heterocycles. The molecular weight excluding hydrogens is 542 g/mol. The van der Waals surface area contributed by atoms with Gasteiger partial charge in [0.25, 0.3) is 0 Å². The van der Waals surface area contributed by atoms with Crippen molar-refractivity contribution >= 4 is 17.5 Å². The van der Waals surface area contributed by atoms with E-state index in [2.05, 4.69) is 71.0 Å². The van der Waals surface area contributed by atoms with E-state index in [0.717, 1.165) is 61.3 Å². The van der Waals surface area contributed by atoms with E-state index < -0.39 is 5.41 Å². The number of anilines is 1. The van der Waals surface area contributed by atoms with Crippen LogP contribution in [-0.4, -0.2) is 42.9 Å². The Labute approximate surface area is 262 Å². The van der Waals surface area contributed by atoms with Gasteiger partial charge >= 0.3 is 0 Å². The lowest BCUT2D eigenvalue weighted by atomic mass is 9.68. The fraction of sp³-hybridized carbons (Fsp3) is 0.333. The van der Waals surface area contributed by atoms with E-state index in [1.54, 1.807) is 0 Å². The van der Waals surface area contributed by atoms with Crippen molar-refractivity contribution in [3.8, 4) is 0 Å². The first-order valence-corrected chi connectivity index (χ1v) is 16.0. The Morgan fingerprint density at radius 1 is 0.795 bits per heavy atom. The van der Waals surface area contributed by atoms with Crippen molar-refractivity contribution in [3.63, 3.8) is 0 Å². The number of rotatable bonds is 11. The molecule has 1 heterocycles. The molecule has 0 saturated carbocycles. The second-order valence-electron chi connectivity index (χ2n) is 12.3. The van der Waals surface area contributed by atoms with Gasteiger partial charge in [0.15, 0.2) is 0 Å². The zero-order valence-electron chi connectivity index (χ0n) is 26.3. The summed E-state index contributed by atoms with van der Waals surface area (Å²) in [5, 5.41) is 6.39. The average Bonchev–Trinajstić information content (AvgIpc) is 3.06. The highest BCUT2D eigenvalue weighted by atomic mass is 16.2. The summed E-state index contributed by atoms with van der Waals surface area (Å²) in [6, 6.07) is 36.7. The van der Waals surface area contributed by atoms with E-state index in [1.807, 2.05) is 74.5 Å². The van der Waals surface area contributed by atoms with Crippen LogP contribution in [0.15, 0.2) is 109 Å². The van der Waals surface area contributed by atoms with Crippen molar-refractivity contribution in [1.82, 2.24) is 10.2 Å². The highest BCUT2D eigenvalue weighted by Gasteiger charge is 2.43. The minimum absolute atomic E-state index is 0.000256. The maximum Gasteiger partial charge on any atom is 0.239 e. The monoisotopic (exact) mass is 587 g/mol. The molecule has 4 aromatic rings. The quantitative estimate of drug-likeness (QED) is 0.143. The van der Waals surface area contributed by atoms with Crippen molar-refractivity contribution < 1.29 is 9.59 Å². The van der Waals surface area contributed by atoms with E-state index >= 15 is 0 Å². The van der Waals surface area contributed by atoms with Crippen LogP contribution in [0.3, 0.4) is 0 Å². The van der Waals surface area contributed by atoms with Gasteiger partial charge in [0.2, 0.25) is 11.8 Å². The molecule has 1 fully saturated rings. The molecule has 0 spiro atoms. The van der Waals surface area contributed by atoms with Crippen molar-refractivity contribution in [2.45, 2.75) is 51.4 Å². The Balaban J connectivity index is 1.21. The number of nitrogens with one attached hydrogen (secondary N) is 2. The molecule has 1 aliphatic rings. The Hall–Kier alpha value is -4.22. The minimum atomic E-state index is -0.941. The predicted octanol–water partition coefficient (Wildman–Crippen LogP) is 7.31. The van der Waals surface area contributed by atoms with E-state index in [-0.39, 0.29) is 17.7 Å². The number of hydrogen-bond acceptors (Lipinski definition) is 3. The van der Waals surface area contributed by atoms with Crippen LogP contribution < -0.4 is 10.6 Å². The number of benzene rings is 4. The summed E-state index contributed by atoms with van der Waals surface area (Å²) in [7, 11) is 0. The fourth-order valence-corrected chi connectivity index (χ4v) is 6.51. The first-order chi connectivity index (χ1) is 21.4. The number of carbonyl (C=O) groups is 2. The van der Waals surface area contributed by atoms with Gasteiger partial charge in [0, 0.05) is 18.2 Å². The topological polar surface area (TPSA) is 61.4 Å². The summed E-state index contributed by atoms with van der Waals surface area (Å²) in [6.45, 7) is 9.62. The first-order valence-electron chi connectivity index (χ1n) is 16.0. The van der Waals surface area contributed by atoms with Crippen molar-refractivity contribution in [2.24, 2.45) is 5.92 Å². The standard InChI is InChI=1S/C39H45N3O2/c1-29(2)37(43)41-35-21-20-30(3)36(28-35)31-22-26-42(27-23-31)25-13-24-40-38(44)39(32-14-7-4-8-15-32,33-16-9-5-10-17-33)34-18-11-6-12-19-34/h4-12,14-21,28-29,31H,13,22-27H2,1-3H3,(H,40,44)(H,41,43). The summed E-state index contributed by atoms with van der Waals surface area (Å²) >= 11 is 0. The van der Waals surface area contributed by atoms with Gasteiger partial charge in [-0.25, -0.2) is 0 Å². The molecule has 0 radical (unpaired) electrons. The zero-order valence-corrected chi connectivity index (χ0v) is 26.3. The molecule has 44 heavy (non-hydrogen) atoms. The lowest BCUT2D eigenvalue weighted by Crippen LogP contribution is -2.47. The Kier molecular flexibility index (Phi) is 10.3. The normalized spacial score (nSPS) is 14.4. The Morgan fingerprint density at radius 3 is 1.82 bits per heavy atom. The average molecular weight is 588 g/mol. The third-order valence-corrected chi connectivity index (χ3v) is 9.00. The SMILES string of the molecule is Cc1ccc(NC(=O)C(C)C)cc1C1CCN(CCCNC(=O)C(c2ccccc2)(c2ccccc2)c2ccccc2)CC1. The van der Waals surface area contributed by atoms with Crippen LogP contribution in [-0.2, 0) is 15.0 Å². The van der Waals surface area contributed by atoms with Crippen LogP contribution in [0.5, 0.6) is 0 Å². The van der Waals surface area contributed by atoms with Crippen LogP contribution in [0, 0.1) is 12.8 Å². The van der Waals surface area contributed by atoms with Crippen LogP contribution >= 0.6 is 0 Å². The van der Waals surface area contributed by atoms with Gasteiger partial charge in [-0.05, 0) is 91.7 Å². The predicted molar refractivity (Wildman–Crippen MR) is 180 cm³/mol. The van der Waals surface area contributed by atoms with Gasteiger partial charge in [-0.2, -0.15) is 0 Å². The number of aryl methyl sites for hydroxylation is 1. The van der Waals surface area contributed by atoms with Crippen molar-refractivity contribution in [3.05, 3.63) is 137 Å². The number of piperidine rings is 1. The highest BCUT2D eigenvalue weighted by Crippen LogP contribution is 2.39. The van der Waals surface area contributed by atoms with Gasteiger partial charge in [0.05, 0.1) is 0 Å². The summed E-state index contributed by atoms with van der Waals surface area (Å²) in [5.74, 6) is 0.499. The molecule has 5 nitrogen and oxygen atoms in total. The molecule has 2 amide bonds. The summed E-state index contributed by atoms with van der Waals surface area (Å²) < 4.78 is 0. The maximum atomic E-state index is 14.3. The molecule has 0 bridgehead atoms. The maximum absolute atomic E-state index is 14.3. The smallest absolute Gasteiger partial charge is 0.239 e. The molecular formula is C39H45N3O2. The van der Waals surface area contributed by atoms with Crippen LogP contribution in [0.25, 0.3) is 0 Å².